The van der Waals surface area contributed by atoms with Crippen molar-refractivity contribution in [2.24, 2.45) is 7.05 Å². The Morgan fingerprint density at radius 3 is 2.68 bits per heavy atom. The van der Waals surface area contributed by atoms with E-state index in [1.807, 2.05) is 32.0 Å². The van der Waals surface area contributed by atoms with Crippen molar-refractivity contribution in [3.05, 3.63) is 57.5 Å². The molecule has 1 aromatic carbocycles. The summed E-state index contributed by atoms with van der Waals surface area (Å²) in [5, 5.41) is 6.80. The first-order valence-corrected chi connectivity index (χ1v) is 6.92. The van der Waals surface area contributed by atoms with Crippen LogP contribution in [0.15, 0.2) is 35.1 Å². The molecule has 6 heteroatoms. The summed E-state index contributed by atoms with van der Waals surface area (Å²) in [4.78, 5) is 23.6. The fourth-order valence-electron chi connectivity index (χ4n) is 2.16. The number of ether oxygens (including phenoxy) is 1. The number of methoxy groups -OCH3 is 1. The highest BCUT2D eigenvalue weighted by Crippen LogP contribution is 2.26. The van der Waals surface area contributed by atoms with Crippen LogP contribution in [0.25, 0.3) is 0 Å². The maximum absolute atomic E-state index is 12.2. The molecule has 0 saturated carbocycles. The zero-order chi connectivity index (χ0) is 16.3. The van der Waals surface area contributed by atoms with Gasteiger partial charge in [-0.2, -0.15) is 5.10 Å². The van der Waals surface area contributed by atoms with E-state index in [1.165, 1.54) is 19.2 Å². The lowest BCUT2D eigenvalue weighted by molar-refractivity contribution is 0.0932. The lowest BCUT2D eigenvalue weighted by atomic mass is 10.0. The second-order valence-corrected chi connectivity index (χ2v) is 5.12. The number of benzene rings is 1. The molecule has 0 saturated heterocycles. The molecule has 1 heterocycles. The number of nitrogens with one attached hydrogen (secondary N) is 1. The van der Waals surface area contributed by atoms with Gasteiger partial charge in [-0.25, -0.2) is 4.68 Å². The summed E-state index contributed by atoms with van der Waals surface area (Å²) in [6.07, 6.45) is 0. The molecule has 1 N–H and O–H groups in total. The zero-order valence-corrected chi connectivity index (χ0v) is 13.1. The van der Waals surface area contributed by atoms with Gasteiger partial charge in [-0.05, 0) is 26.0 Å². The van der Waals surface area contributed by atoms with Crippen molar-refractivity contribution in [2.45, 2.75) is 19.9 Å². The van der Waals surface area contributed by atoms with Crippen molar-refractivity contribution in [1.82, 2.24) is 15.1 Å². The highest BCUT2D eigenvalue weighted by atomic mass is 16.5. The smallest absolute Gasteiger partial charge is 0.272 e. The molecule has 1 aromatic heterocycles. The van der Waals surface area contributed by atoms with Gasteiger partial charge in [0.05, 0.1) is 13.2 Å². The molecule has 0 spiro atoms. The number of hydrogen-bond donors (Lipinski definition) is 1. The molecule has 0 aliphatic carbocycles. The fourth-order valence-corrected chi connectivity index (χ4v) is 2.16. The minimum Gasteiger partial charge on any atom is -0.496 e. The average molecular weight is 301 g/mol. The third kappa shape index (κ3) is 3.33. The van der Waals surface area contributed by atoms with Crippen LogP contribution in [0.3, 0.4) is 0 Å². The van der Waals surface area contributed by atoms with Crippen LogP contribution >= 0.6 is 0 Å². The first-order chi connectivity index (χ1) is 10.4. The predicted molar refractivity (Wildman–Crippen MR) is 83.1 cm³/mol. The van der Waals surface area contributed by atoms with Crippen LogP contribution in [-0.2, 0) is 7.05 Å². The Labute approximate surface area is 128 Å². The third-order valence-corrected chi connectivity index (χ3v) is 3.39. The van der Waals surface area contributed by atoms with Crippen molar-refractivity contribution in [1.29, 1.82) is 0 Å². The Hall–Kier alpha value is -2.63. The maximum Gasteiger partial charge on any atom is 0.272 e. The summed E-state index contributed by atoms with van der Waals surface area (Å²) < 4.78 is 6.46. The Morgan fingerprint density at radius 2 is 2.05 bits per heavy atom. The molecule has 0 radical (unpaired) electrons. The molecule has 1 amide bonds. The van der Waals surface area contributed by atoms with Crippen molar-refractivity contribution in [2.75, 3.05) is 7.11 Å². The number of rotatable bonds is 4. The molecular weight excluding hydrogens is 282 g/mol. The van der Waals surface area contributed by atoms with Gasteiger partial charge >= 0.3 is 0 Å². The molecule has 22 heavy (non-hydrogen) atoms. The normalized spacial score (nSPS) is 11.8. The van der Waals surface area contributed by atoms with Crippen LogP contribution in [0, 0.1) is 6.92 Å². The first kappa shape index (κ1) is 15.8. The zero-order valence-electron chi connectivity index (χ0n) is 13.1. The van der Waals surface area contributed by atoms with Crippen LogP contribution in [-0.4, -0.2) is 22.8 Å². The monoisotopic (exact) mass is 301 g/mol. The van der Waals surface area contributed by atoms with E-state index in [0.717, 1.165) is 15.8 Å². The van der Waals surface area contributed by atoms with Crippen LogP contribution in [0.4, 0.5) is 0 Å². The highest BCUT2D eigenvalue weighted by molar-refractivity contribution is 5.92. The van der Waals surface area contributed by atoms with Crippen LogP contribution in [0.2, 0.25) is 0 Å². The van der Waals surface area contributed by atoms with Gasteiger partial charge in [-0.1, -0.05) is 17.7 Å². The number of carbonyl (C=O) groups excluding carboxylic acids is 1. The van der Waals surface area contributed by atoms with Gasteiger partial charge in [0, 0.05) is 18.7 Å². The summed E-state index contributed by atoms with van der Waals surface area (Å²) in [5.74, 6) is 0.374. The van der Waals surface area contributed by atoms with Crippen molar-refractivity contribution < 1.29 is 9.53 Å². The predicted octanol–water partition coefficient (Wildman–Crippen LogP) is 1.59. The SMILES string of the molecule is COc1ccc(C)cc1[C@H](C)NC(=O)c1ccc(=O)n(C)n1. The molecule has 6 nitrogen and oxygen atoms in total. The molecule has 2 rings (SSSR count). The lowest BCUT2D eigenvalue weighted by Gasteiger charge is -2.17. The number of carbonyl (C=O) groups is 1. The molecule has 0 bridgehead atoms. The largest absolute Gasteiger partial charge is 0.496 e. The molecule has 116 valence electrons. The van der Waals surface area contributed by atoms with Crippen LogP contribution in [0.1, 0.15) is 34.6 Å². The molecule has 2 aromatic rings. The van der Waals surface area contributed by atoms with E-state index in [1.54, 1.807) is 7.11 Å². The summed E-state index contributed by atoms with van der Waals surface area (Å²) in [7, 11) is 3.10. The van der Waals surface area contributed by atoms with Crippen molar-refractivity contribution >= 4 is 5.91 Å². The van der Waals surface area contributed by atoms with E-state index in [4.69, 9.17) is 4.74 Å². The van der Waals surface area contributed by atoms with E-state index in [2.05, 4.69) is 10.4 Å². The first-order valence-electron chi connectivity index (χ1n) is 6.92. The van der Waals surface area contributed by atoms with E-state index in [-0.39, 0.29) is 23.2 Å². The molecule has 0 aliphatic heterocycles. The highest BCUT2D eigenvalue weighted by Gasteiger charge is 2.16. The van der Waals surface area contributed by atoms with Gasteiger partial charge in [0.2, 0.25) is 0 Å². The second kappa shape index (κ2) is 6.43. The minimum absolute atomic E-state index is 0.195. The number of hydrogen-bond acceptors (Lipinski definition) is 4. The van der Waals surface area contributed by atoms with E-state index in [9.17, 15) is 9.59 Å². The summed E-state index contributed by atoms with van der Waals surface area (Å²) in [6.45, 7) is 3.85. The fraction of sp³-hybridized carbons (Fsp3) is 0.312. The number of aryl methyl sites for hydroxylation is 2. The van der Waals surface area contributed by atoms with Crippen LogP contribution < -0.4 is 15.6 Å². The topological polar surface area (TPSA) is 73.2 Å². The van der Waals surface area contributed by atoms with E-state index < -0.39 is 0 Å². The van der Waals surface area contributed by atoms with Crippen molar-refractivity contribution in [3.63, 3.8) is 0 Å². The van der Waals surface area contributed by atoms with Crippen molar-refractivity contribution in [3.8, 4) is 5.75 Å². The van der Waals surface area contributed by atoms with Gasteiger partial charge in [-0.3, -0.25) is 9.59 Å². The third-order valence-electron chi connectivity index (χ3n) is 3.39. The molecule has 0 unspecified atom stereocenters. The standard InChI is InChI=1S/C16H19N3O3/c1-10-5-7-14(22-4)12(9-10)11(2)17-16(21)13-6-8-15(20)19(3)18-13/h5-9,11H,1-4H3,(H,17,21)/t11-/m0/s1. The Kier molecular flexibility index (Phi) is 4.60. The van der Waals surface area contributed by atoms with Gasteiger partial charge in [-0.15, -0.1) is 0 Å². The Balaban J connectivity index is 2.22. The van der Waals surface area contributed by atoms with E-state index >= 15 is 0 Å². The van der Waals surface area contributed by atoms with Crippen LogP contribution in [0.5, 0.6) is 5.75 Å². The average Bonchev–Trinajstić information content (AvgIpc) is 2.49. The molecular formula is C16H19N3O3. The second-order valence-electron chi connectivity index (χ2n) is 5.12. The Morgan fingerprint density at radius 1 is 1.32 bits per heavy atom. The van der Waals surface area contributed by atoms with E-state index in [0.29, 0.717) is 5.75 Å². The van der Waals surface area contributed by atoms with Gasteiger partial charge in [0.15, 0.2) is 0 Å². The summed E-state index contributed by atoms with van der Waals surface area (Å²) in [6, 6.07) is 8.28. The minimum atomic E-state index is -0.341. The molecule has 0 fully saturated rings. The van der Waals surface area contributed by atoms with Gasteiger partial charge < -0.3 is 10.1 Å². The maximum atomic E-state index is 12.2. The number of amides is 1. The Bertz CT molecular complexity index is 753. The summed E-state index contributed by atoms with van der Waals surface area (Å²) in [5.41, 5.74) is 1.91. The van der Waals surface area contributed by atoms with Gasteiger partial charge in [0.25, 0.3) is 11.5 Å². The lowest BCUT2D eigenvalue weighted by Crippen LogP contribution is -2.30. The molecule has 1 atom stereocenters. The molecule has 0 aliphatic rings. The quantitative estimate of drug-likeness (QED) is 0.930. The number of nitrogens with zero attached hydrogens (tertiary/aromatic N) is 2. The number of aromatic nitrogens is 2. The summed E-state index contributed by atoms with van der Waals surface area (Å²) >= 11 is 0. The van der Waals surface area contributed by atoms with Gasteiger partial charge in [0.1, 0.15) is 11.4 Å².